The maximum absolute atomic E-state index is 12.1. The summed E-state index contributed by atoms with van der Waals surface area (Å²) in [4.78, 5) is 20.4. The number of ether oxygens (including phenoxy) is 1. The third-order valence-electron chi connectivity index (χ3n) is 3.88. The van der Waals surface area contributed by atoms with Crippen molar-refractivity contribution in [2.24, 2.45) is 5.92 Å². The van der Waals surface area contributed by atoms with Gasteiger partial charge in [0.1, 0.15) is 5.60 Å². The second-order valence-corrected chi connectivity index (χ2v) is 6.58. The number of rotatable bonds is 1. The molecular weight excluding hydrogens is 254 g/mol. The number of nitrogens with zero attached hydrogens (tertiary/aromatic N) is 3. The highest BCUT2D eigenvalue weighted by Gasteiger charge is 2.49. The number of hydrogen-bond donors (Lipinski definition) is 0. The summed E-state index contributed by atoms with van der Waals surface area (Å²) in [6.45, 7) is 8.37. The van der Waals surface area contributed by atoms with Gasteiger partial charge in [0.05, 0.1) is 17.9 Å². The van der Waals surface area contributed by atoms with Gasteiger partial charge in [-0.2, -0.15) is 0 Å². The molecule has 0 saturated carbocycles. The van der Waals surface area contributed by atoms with Crippen LogP contribution in [0.15, 0.2) is 24.5 Å². The smallest absolute Gasteiger partial charge is 0.410 e. The molecule has 3 rings (SSSR count). The molecule has 108 valence electrons. The van der Waals surface area contributed by atoms with Gasteiger partial charge in [-0.05, 0) is 32.9 Å². The van der Waals surface area contributed by atoms with Crippen LogP contribution in [0.4, 0.5) is 10.5 Å². The molecule has 1 amide bonds. The van der Waals surface area contributed by atoms with Crippen molar-refractivity contribution in [2.45, 2.75) is 32.4 Å². The maximum atomic E-state index is 12.1. The zero-order valence-corrected chi connectivity index (χ0v) is 12.2. The zero-order chi connectivity index (χ0) is 14.3. The van der Waals surface area contributed by atoms with Crippen LogP contribution in [0, 0.1) is 5.92 Å². The fourth-order valence-electron chi connectivity index (χ4n) is 2.92. The van der Waals surface area contributed by atoms with Gasteiger partial charge in [-0.25, -0.2) is 4.79 Å². The van der Waals surface area contributed by atoms with Crippen molar-refractivity contribution >= 4 is 11.8 Å². The van der Waals surface area contributed by atoms with Crippen LogP contribution >= 0.6 is 0 Å². The molecule has 2 aliphatic rings. The summed E-state index contributed by atoms with van der Waals surface area (Å²) in [6, 6.07) is 4.29. The van der Waals surface area contributed by atoms with Crippen LogP contribution in [-0.2, 0) is 4.74 Å². The number of fused-ring (bicyclic) bond motifs is 1. The van der Waals surface area contributed by atoms with Crippen LogP contribution < -0.4 is 4.90 Å². The summed E-state index contributed by atoms with van der Waals surface area (Å²) >= 11 is 0. The second kappa shape index (κ2) is 4.65. The van der Waals surface area contributed by atoms with Crippen LogP contribution in [0.5, 0.6) is 0 Å². The Morgan fingerprint density at radius 1 is 1.35 bits per heavy atom. The van der Waals surface area contributed by atoms with E-state index in [-0.39, 0.29) is 12.1 Å². The van der Waals surface area contributed by atoms with Crippen LogP contribution in [0.2, 0.25) is 0 Å². The first-order valence-corrected chi connectivity index (χ1v) is 7.08. The van der Waals surface area contributed by atoms with Gasteiger partial charge < -0.3 is 14.5 Å². The Kier molecular flexibility index (Phi) is 3.07. The van der Waals surface area contributed by atoms with Crippen LogP contribution in [0.3, 0.4) is 0 Å². The summed E-state index contributed by atoms with van der Waals surface area (Å²) < 4.78 is 5.45. The van der Waals surface area contributed by atoms with Gasteiger partial charge in [-0.3, -0.25) is 4.98 Å². The zero-order valence-electron chi connectivity index (χ0n) is 12.2. The molecule has 5 nitrogen and oxygen atoms in total. The number of pyridine rings is 1. The first kappa shape index (κ1) is 13.2. The molecular formula is C15H21N3O2. The predicted octanol–water partition coefficient (Wildman–Crippen LogP) is 2.14. The molecule has 0 radical (unpaired) electrons. The van der Waals surface area contributed by atoms with Crippen LogP contribution in [0.1, 0.15) is 20.8 Å². The molecule has 0 bridgehead atoms. The van der Waals surface area contributed by atoms with Gasteiger partial charge in [-0.1, -0.05) is 0 Å². The lowest BCUT2D eigenvalue weighted by Gasteiger charge is -2.43. The molecule has 2 fully saturated rings. The lowest BCUT2D eigenvalue weighted by molar-refractivity contribution is -0.0163. The quantitative estimate of drug-likeness (QED) is 0.787. The molecule has 1 aromatic heterocycles. The van der Waals surface area contributed by atoms with Crippen molar-refractivity contribution in [3.8, 4) is 0 Å². The Labute approximate surface area is 119 Å². The van der Waals surface area contributed by atoms with E-state index in [1.807, 2.05) is 37.9 Å². The Hall–Kier alpha value is -1.78. The fourth-order valence-corrected chi connectivity index (χ4v) is 2.92. The standard InChI is InChI=1S/C15H21N3O2/c1-15(2,3)20-14(19)18-9-11-8-17(10-13(11)18)12-5-4-6-16-7-12/h4-7,11,13H,8-10H2,1-3H3/t11-,13-/m1/s1. The van der Waals surface area contributed by atoms with E-state index in [1.54, 1.807) is 6.20 Å². The molecule has 2 aliphatic heterocycles. The summed E-state index contributed by atoms with van der Waals surface area (Å²) in [5.74, 6) is 0.558. The fraction of sp³-hybridized carbons (Fsp3) is 0.600. The molecule has 0 unspecified atom stereocenters. The predicted molar refractivity (Wildman–Crippen MR) is 76.7 cm³/mol. The van der Waals surface area contributed by atoms with Crippen LogP contribution in [-0.4, -0.2) is 47.3 Å². The van der Waals surface area contributed by atoms with Gasteiger partial charge in [0.15, 0.2) is 0 Å². The lowest BCUT2D eigenvalue weighted by atomic mass is 9.93. The second-order valence-electron chi connectivity index (χ2n) is 6.58. The molecule has 0 N–H and O–H groups in total. The van der Waals surface area contributed by atoms with E-state index >= 15 is 0 Å². The highest BCUT2D eigenvalue weighted by molar-refractivity contribution is 5.70. The van der Waals surface area contributed by atoms with E-state index in [9.17, 15) is 4.79 Å². The third kappa shape index (κ3) is 2.44. The van der Waals surface area contributed by atoms with Crippen LogP contribution in [0.25, 0.3) is 0 Å². The van der Waals surface area contributed by atoms with Crippen molar-refractivity contribution in [1.82, 2.24) is 9.88 Å². The minimum absolute atomic E-state index is 0.188. The van der Waals surface area contributed by atoms with Gasteiger partial charge in [0.2, 0.25) is 0 Å². The summed E-state index contributed by atoms with van der Waals surface area (Å²) in [6.07, 6.45) is 3.47. The molecule has 20 heavy (non-hydrogen) atoms. The molecule has 2 atom stereocenters. The molecule has 1 aromatic rings. The van der Waals surface area contributed by atoms with Crippen molar-refractivity contribution in [2.75, 3.05) is 24.5 Å². The molecule has 5 heteroatoms. The minimum Gasteiger partial charge on any atom is -0.444 e. The largest absolute Gasteiger partial charge is 0.444 e. The number of carbonyl (C=O) groups excluding carboxylic acids is 1. The first-order valence-electron chi connectivity index (χ1n) is 7.08. The number of amides is 1. The van der Waals surface area contributed by atoms with Gasteiger partial charge >= 0.3 is 6.09 Å². The Morgan fingerprint density at radius 3 is 2.80 bits per heavy atom. The van der Waals surface area contributed by atoms with E-state index in [1.165, 1.54) is 0 Å². The average Bonchev–Trinajstić information content (AvgIpc) is 2.66. The summed E-state index contributed by atoms with van der Waals surface area (Å²) in [5, 5.41) is 0. The number of carbonyl (C=O) groups is 1. The molecule has 0 aliphatic carbocycles. The summed E-state index contributed by atoms with van der Waals surface area (Å²) in [7, 11) is 0. The summed E-state index contributed by atoms with van der Waals surface area (Å²) in [5.41, 5.74) is 0.704. The van der Waals surface area contributed by atoms with Gasteiger partial charge in [0, 0.05) is 31.7 Å². The van der Waals surface area contributed by atoms with E-state index in [0.717, 1.165) is 25.3 Å². The SMILES string of the molecule is CC(C)(C)OC(=O)N1C[C@H]2CN(c3cccnc3)C[C@H]21. The number of anilines is 1. The van der Waals surface area contributed by atoms with Gasteiger partial charge in [0.25, 0.3) is 0 Å². The molecule has 2 saturated heterocycles. The van der Waals surface area contributed by atoms with E-state index in [2.05, 4.69) is 16.0 Å². The minimum atomic E-state index is -0.427. The van der Waals surface area contributed by atoms with Crippen molar-refractivity contribution < 1.29 is 9.53 Å². The number of likely N-dealkylation sites (tertiary alicyclic amines) is 1. The third-order valence-corrected chi connectivity index (χ3v) is 3.88. The van der Waals surface area contributed by atoms with E-state index in [4.69, 9.17) is 4.74 Å². The molecule has 0 aromatic carbocycles. The molecule has 0 spiro atoms. The number of aromatic nitrogens is 1. The molecule has 3 heterocycles. The first-order chi connectivity index (χ1) is 9.44. The monoisotopic (exact) mass is 275 g/mol. The lowest BCUT2D eigenvalue weighted by Crippen LogP contribution is -2.59. The van der Waals surface area contributed by atoms with E-state index < -0.39 is 5.60 Å². The van der Waals surface area contributed by atoms with Gasteiger partial charge in [-0.15, -0.1) is 0 Å². The highest BCUT2D eigenvalue weighted by Crippen LogP contribution is 2.35. The average molecular weight is 275 g/mol. The maximum Gasteiger partial charge on any atom is 0.410 e. The van der Waals surface area contributed by atoms with Crippen molar-refractivity contribution in [3.05, 3.63) is 24.5 Å². The van der Waals surface area contributed by atoms with E-state index in [0.29, 0.717) is 5.92 Å². The highest BCUT2D eigenvalue weighted by atomic mass is 16.6. The Balaban J connectivity index is 1.62. The topological polar surface area (TPSA) is 45.7 Å². The van der Waals surface area contributed by atoms with Crippen molar-refractivity contribution in [1.29, 1.82) is 0 Å². The number of hydrogen-bond acceptors (Lipinski definition) is 4. The van der Waals surface area contributed by atoms with Crippen molar-refractivity contribution in [3.63, 3.8) is 0 Å². The Bertz CT molecular complexity index is 498. The Morgan fingerprint density at radius 2 is 2.15 bits per heavy atom. The normalized spacial score (nSPS) is 25.1.